The van der Waals surface area contributed by atoms with Crippen molar-refractivity contribution in [1.82, 2.24) is 14.8 Å². The van der Waals surface area contributed by atoms with Crippen LogP contribution in [0.5, 0.6) is 0 Å². The summed E-state index contributed by atoms with van der Waals surface area (Å²) in [6.45, 7) is 1.74. The first-order valence-electron chi connectivity index (χ1n) is 5.84. The Hall–Kier alpha value is -2.09. The van der Waals surface area contributed by atoms with E-state index in [1.165, 1.54) is 30.2 Å². The number of nitrogens with zero attached hydrogens (tertiary/aromatic N) is 3. The van der Waals surface area contributed by atoms with Gasteiger partial charge in [-0.15, -0.1) is 0 Å². The molecule has 0 aliphatic carbocycles. The fraction of sp³-hybridized carbons (Fsp3) is 0.250. The van der Waals surface area contributed by atoms with Crippen molar-refractivity contribution >= 4 is 29.0 Å². The first kappa shape index (κ1) is 14.3. The van der Waals surface area contributed by atoms with Crippen LogP contribution in [0.3, 0.4) is 0 Å². The van der Waals surface area contributed by atoms with Crippen molar-refractivity contribution in [2.45, 2.75) is 17.3 Å². The van der Waals surface area contributed by atoms with Crippen LogP contribution in [0, 0.1) is 5.82 Å². The molecule has 6 nitrogen and oxygen atoms in total. The number of carbonyl (C=O) groups is 1. The van der Waals surface area contributed by atoms with Crippen molar-refractivity contribution in [2.24, 2.45) is 7.05 Å². The molecule has 0 fully saturated rings. The number of benzene rings is 1. The minimum Gasteiger partial charge on any atom is -0.397 e. The number of nitrogens with two attached hydrogens (primary N) is 1. The normalized spacial score (nSPS) is 12.2. The molecule has 0 saturated heterocycles. The zero-order valence-electron chi connectivity index (χ0n) is 11.0. The molecule has 0 spiro atoms. The van der Waals surface area contributed by atoms with E-state index in [1.807, 2.05) is 0 Å². The van der Waals surface area contributed by atoms with Crippen LogP contribution >= 0.6 is 11.8 Å². The Kier molecular flexibility index (Phi) is 4.23. The largest absolute Gasteiger partial charge is 0.397 e. The van der Waals surface area contributed by atoms with Gasteiger partial charge in [0, 0.05) is 7.05 Å². The number of hydrogen-bond donors (Lipinski definition) is 2. The number of halogens is 1. The number of carbonyl (C=O) groups excluding carboxylic acids is 1. The second-order valence-corrected chi connectivity index (χ2v) is 5.46. The molecule has 1 atom stereocenters. The first-order valence-corrected chi connectivity index (χ1v) is 6.72. The van der Waals surface area contributed by atoms with Gasteiger partial charge in [-0.2, -0.15) is 5.10 Å². The predicted octanol–water partition coefficient (Wildman–Crippen LogP) is 1.66. The van der Waals surface area contributed by atoms with Crippen LogP contribution in [0.4, 0.5) is 15.8 Å². The van der Waals surface area contributed by atoms with Gasteiger partial charge >= 0.3 is 0 Å². The molecule has 0 saturated carbocycles. The highest BCUT2D eigenvalue weighted by atomic mass is 32.2. The van der Waals surface area contributed by atoms with Gasteiger partial charge in [-0.25, -0.2) is 14.1 Å². The molecule has 1 aromatic carbocycles. The Labute approximate surface area is 119 Å². The van der Waals surface area contributed by atoms with E-state index in [9.17, 15) is 9.18 Å². The molecule has 1 aromatic heterocycles. The SMILES string of the molecule is CC(Sc1ncnn1C)C(=O)Nc1ccc(F)cc1N. The zero-order valence-corrected chi connectivity index (χ0v) is 11.8. The quantitative estimate of drug-likeness (QED) is 0.662. The maximum Gasteiger partial charge on any atom is 0.237 e. The summed E-state index contributed by atoms with van der Waals surface area (Å²) < 4.78 is 14.5. The lowest BCUT2D eigenvalue weighted by atomic mass is 10.2. The third kappa shape index (κ3) is 3.27. The van der Waals surface area contributed by atoms with Crippen LogP contribution in [0.25, 0.3) is 0 Å². The summed E-state index contributed by atoms with van der Waals surface area (Å²) in [5, 5.41) is 6.84. The van der Waals surface area contributed by atoms with Crippen LogP contribution in [0.15, 0.2) is 29.7 Å². The minimum atomic E-state index is -0.443. The molecular weight excluding hydrogens is 281 g/mol. The summed E-state index contributed by atoms with van der Waals surface area (Å²) in [5.74, 6) is -0.682. The van der Waals surface area contributed by atoms with E-state index in [-0.39, 0.29) is 16.8 Å². The minimum absolute atomic E-state index is 0.189. The number of thioether (sulfide) groups is 1. The van der Waals surface area contributed by atoms with E-state index >= 15 is 0 Å². The zero-order chi connectivity index (χ0) is 14.7. The second kappa shape index (κ2) is 5.91. The maximum absolute atomic E-state index is 12.9. The summed E-state index contributed by atoms with van der Waals surface area (Å²) >= 11 is 1.28. The van der Waals surface area contributed by atoms with E-state index in [1.54, 1.807) is 18.7 Å². The van der Waals surface area contributed by atoms with E-state index in [2.05, 4.69) is 15.4 Å². The number of nitrogens with one attached hydrogen (secondary N) is 1. The number of nitrogen functional groups attached to an aromatic ring is 1. The molecule has 106 valence electrons. The number of hydrogen-bond acceptors (Lipinski definition) is 5. The predicted molar refractivity (Wildman–Crippen MR) is 75.8 cm³/mol. The van der Waals surface area contributed by atoms with Crippen LogP contribution in [0.2, 0.25) is 0 Å². The molecule has 3 N–H and O–H groups in total. The summed E-state index contributed by atoms with van der Waals surface area (Å²) in [5.41, 5.74) is 6.22. The average molecular weight is 295 g/mol. The third-order valence-corrected chi connectivity index (χ3v) is 3.74. The van der Waals surface area contributed by atoms with E-state index in [4.69, 9.17) is 5.73 Å². The van der Waals surface area contributed by atoms with Gasteiger partial charge < -0.3 is 11.1 Å². The molecule has 20 heavy (non-hydrogen) atoms. The molecule has 2 rings (SSSR count). The van der Waals surface area contributed by atoms with Crippen molar-refractivity contribution in [3.63, 3.8) is 0 Å². The molecule has 0 aliphatic rings. The summed E-state index contributed by atoms with van der Waals surface area (Å²) in [7, 11) is 1.75. The number of anilines is 2. The topological polar surface area (TPSA) is 85.8 Å². The van der Waals surface area contributed by atoms with Crippen molar-refractivity contribution in [3.05, 3.63) is 30.3 Å². The Morgan fingerprint density at radius 2 is 2.30 bits per heavy atom. The van der Waals surface area contributed by atoms with Gasteiger partial charge in [0.2, 0.25) is 5.91 Å². The highest BCUT2D eigenvalue weighted by molar-refractivity contribution is 8.00. The van der Waals surface area contributed by atoms with Crippen LogP contribution in [0.1, 0.15) is 6.92 Å². The smallest absolute Gasteiger partial charge is 0.237 e. The van der Waals surface area contributed by atoms with Crippen LogP contribution < -0.4 is 11.1 Å². The number of aromatic nitrogens is 3. The van der Waals surface area contributed by atoms with Crippen LogP contribution in [-0.2, 0) is 11.8 Å². The Morgan fingerprint density at radius 1 is 1.55 bits per heavy atom. The molecule has 0 radical (unpaired) electrons. The lowest BCUT2D eigenvalue weighted by Crippen LogP contribution is -2.23. The first-order chi connectivity index (χ1) is 9.47. The standard InChI is InChI=1S/C12H14FN5OS/c1-7(20-12-15-6-16-18(12)2)11(19)17-10-4-3-8(13)5-9(10)14/h3-7H,14H2,1-2H3,(H,17,19). The Bertz CT molecular complexity index is 630. The molecule has 0 bridgehead atoms. The Balaban J connectivity index is 2.02. The lowest BCUT2D eigenvalue weighted by molar-refractivity contribution is -0.115. The van der Waals surface area contributed by atoms with Gasteiger partial charge in [-0.3, -0.25) is 4.79 Å². The van der Waals surface area contributed by atoms with Gasteiger partial charge in [0.25, 0.3) is 0 Å². The summed E-state index contributed by atoms with van der Waals surface area (Å²) in [6, 6.07) is 3.84. The summed E-state index contributed by atoms with van der Waals surface area (Å²) in [6.07, 6.45) is 1.42. The molecular formula is C12H14FN5OS. The monoisotopic (exact) mass is 295 g/mol. The third-order valence-electron chi connectivity index (χ3n) is 2.59. The number of amides is 1. The van der Waals surface area contributed by atoms with Crippen molar-refractivity contribution in [2.75, 3.05) is 11.1 Å². The molecule has 2 aromatic rings. The van der Waals surface area contributed by atoms with Gasteiger partial charge in [-0.05, 0) is 25.1 Å². The molecule has 1 unspecified atom stereocenters. The van der Waals surface area contributed by atoms with Gasteiger partial charge in [0.1, 0.15) is 12.1 Å². The number of aryl methyl sites for hydroxylation is 1. The van der Waals surface area contributed by atoms with Crippen molar-refractivity contribution in [3.8, 4) is 0 Å². The van der Waals surface area contributed by atoms with E-state index < -0.39 is 5.82 Å². The van der Waals surface area contributed by atoms with Crippen LogP contribution in [-0.4, -0.2) is 25.9 Å². The lowest BCUT2D eigenvalue weighted by Gasteiger charge is -2.12. The highest BCUT2D eigenvalue weighted by Gasteiger charge is 2.18. The van der Waals surface area contributed by atoms with Crippen molar-refractivity contribution < 1.29 is 9.18 Å². The average Bonchev–Trinajstić information content (AvgIpc) is 2.78. The van der Waals surface area contributed by atoms with E-state index in [0.29, 0.717) is 10.8 Å². The van der Waals surface area contributed by atoms with E-state index in [0.717, 1.165) is 6.07 Å². The fourth-order valence-corrected chi connectivity index (χ4v) is 2.28. The highest BCUT2D eigenvalue weighted by Crippen LogP contribution is 2.23. The second-order valence-electron chi connectivity index (χ2n) is 4.15. The van der Waals surface area contributed by atoms with Gasteiger partial charge in [-0.1, -0.05) is 11.8 Å². The molecule has 1 amide bonds. The number of rotatable bonds is 4. The maximum atomic E-state index is 12.9. The fourth-order valence-electron chi connectivity index (χ4n) is 1.49. The molecule has 0 aliphatic heterocycles. The molecule has 8 heteroatoms. The summed E-state index contributed by atoms with van der Waals surface area (Å²) in [4.78, 5) is 16.1. The Morgan fingerprint density at radius 3 is 2.90 bits per heavy atom. The molecule has 1 heterocycles. The van der Waals surface area contributed by atoms with Gasteiger partial charge in [0.15, 0.2) is 5.16 Å². The van der Waals surface area contributed by atoms with Crippen molar-refractivity contribution in [1.29, 1.82) is 0 Å². The van der Waals surface area contributed by atoms with Gasteiger partial charge in [0.05, 0.1) is 16.6 Å².